The van der Waals surface area contributed by atoms with Gasteiger partial charge in [-0.2, -0.15) is 0 Å². The molecule has 1 aromatic rings. The number of hydrogen-bond donors (Lipinski definition) is 0. The first-order valence-electron chi connectivity index (χ1n) is 4.33. The van der Waals surface area contributed by atoms with E-state index in [2.05, 4.69) is 20.7 Å². The van der Waals surface area contributed by atoms with Gasteiger partial charge in [0.2, 0.25) is 0 Å². The summed E-state index contributed by atoms with van der Waals surface area (Å²) in [6, 6.07) is 2.37. The molecule has 6 heteroatoms. The van der Waals surface area contributed by atoms with E-state index in [1.54, 1.807) is 6.92 Å². The molecular formula is C10H7BrClFO3. The van der Waals surface area contributed by atoms with Gasteiger partial charge in [-0.25, -0.2) is 9.18 Å². The van der Waals surface area contributed by atoms with Crippen molar-refractivity contribution in [1.29, 1.82) is 0 Å². The summed E-state index contributed by atoms with van der Waals surface area (Å²) in [6.07, 6.45) is 0. The van der Waals surface area contributed by atoms with E-state index in [0.717, 1.165) is 6.07 Å². The molecule has 1 aromatic carbocycles. The Morgan fingerprint density at radius 1 is 1.50 bits per heavy atom. The molecule has 0 unspecified atom stereocenters. The molecule has 3 nitrogen and oxygen atoms in total. The molecule has 0 radical (unpaired) electrons. The van der Waals surface area contributed by atoms with Gasteiger partial charge in [0.25, 0.3) is 5.78 Å². The van der Waals surface area contributed by atoms with E-state index in [1.807, 2.05) is 0 Å². The van der Waals surface area contributed by atoms with Crippen molar-refractivity contribution in [2.24, 2.45) is 0 Å². The van der Waals surface area contributed by atoms with Crippen molar-refractivity contribution in [3.05, 3.63) is 33.0 Å². The highest BCUT2D eigenvalue weighted by Crippen LogP contribution is 2.25. The normalized spacial score (nSPS) is 10.0. The molecule has 16 heavy (non-hydrogen) atoms. The summed E-state index contributed by atoms with van der Waals surface area (Å²) in [5.41, 5.74) is -0.216. The number of ether oxygens (including phenoxy) is 1. The highest BCUT2D eigenvalue weighted by atomic mass is 79.9. The van der Waals surface area contributed by atoms with Gasteiger partial charge in [-0.1, -0.05) is 27.5 Å². The van der Waals surface area contributed by atoms with Gasteiger partial charge in [-0.3, -0.25) is 4.79 Å². The SMILES string of the molecule is CCOC(=O)C(=O)c1cc(Br)cc(F)c1Cl. The molecule has 0 fully saturated rings. The summed E-state index contributed by atoms with van der Waals surface area (Å²) in [5, 5.41) is -0.388. The Hall–Kier alpha value is -0.940. The molecule has 0 saturated heterocycles. The largest absolute Gasteiger partial charge is 0.460 e. The summed E-state index contributed by atoms with van der Waals surface area (Å²) in [7, 11) is 0. The van der Waals surface area contributed by atoms with Crippen LogP contribution in [-0.4, -0.2) is 18.4 Å². The fourth-order valence-electron chi connectivity index (χ4n) is 1.03. The van der Waals surface area contributed by atoms with E-state index in [0.29, 0.717) is 4.47 Å². The molecule has 0 bridgehead atoms. The van der Waals surface area contributed by atoms with Gasteiger partial charge < -0.3 is 4.74 Å². The molecule has 0 aliphatic heterocycles. The number of carbonyl (C=O) groups excluding carboxylic acids is 2. The van der Waals surface area contributed by atoms with Crippen LogP contribution in [0.15, 0.2) is 16.6 Å². The zero-order valence-corrected chi connectivity index (χ0v) is 10.6. The van der Waals surface area contributed by atoms with Crippen molar-refractivity contribution in [2.75, 3.05) is 6.61 Å². The van der Waals surface area contributed by atoms with E-state index < -0.39 is 17.6 Å². The zero-order chi connectivity index (χ0) is 12.3. The van der Waals surface area contributed by atoms with Crippen LogP contribution in [0.4, 0.5) is 4.39 Å². The summed E-state index contributed by atoms with van der Waals surface area (Å²) in [4.78, 5) is 22.7. The Bertz CT molecular complexity index is 448. The monoisotopic (exact) mass is 308 g/mol. The molecule has 0 aliphatic rings. The summed E-state index contributed by atoms with van der Waals surface area (Å²) in [5.74, 6) is -2.79. The number of halogens is 3. The average Bonchev–Trinajstić information content (AvgIpc) is 2.22. The number of esters is 1. The van der Waals surface area contributed by atoms with Crippen molar-refractivity contribution < 1.29 is 18.7 Å². The van der Waals surface area contributed by atoms with Gasteiger partial charge in [0.1, 0.15) is 5.82 Å². The number of rotatable bonds is 3. The lowest BCUT2D eigenvalue weighted by Crippen LogP contribution is -2.18. The molecule has 0 atom stereocenters. The molecule has 1 rings (SSSR count). The maximum atomic E-state index is 13.2. The molecule has 0 N–H and O–H groups in total. The summed E-state index contributed by atoms with van der Waals surface area (Å²) < 4.78 is 18.0. The minimum atomic E-state index is -1.05. The number of Topliss-reactive ketones (excluding diaryl/α,β-unsaturated/α-hetero) is 1. The lowest BCUT2D eigenvalue weighted by molar-refractivity contribution is -0.137. The predicted octanol–water partition coefficient (Wildman–Crippen LogP) is 2.99. The Morgan fingerprint density at radius 2 is 2.12 bits per heavy atom. The average molecular weight is 310 g/mol. The van der Waals surface area contributed by atoms with Crippen LogP contribution in [0.3, 0.4) is 0 Å². The Balaban J connectivity index is 3.13. The highest BCUT2D eigenvalue weighted by molar-refractivity contribution is 9.10. The van der Waals surface area contributed by atoms with Crippen LogP contribution in [0.1, 0.15) is 17.3 Å². The van der Waals surface area contributed by atoms with Crippen molar-refractivity contribution in [1.82, 2.24) is 0 Å². The van der Waals surface area contributed by atoms with Gasteiger partial charge in [-0.05, 0) is 19.1 Å². The van der Waals surface area contributed by atoms with Crippen LogP contribution in [0.5, 0.6) is 0 Å². The maximum absolute atomic E-state index is 13.2. The van der Waals surface area contributed by atoms with Crippen LogP contribution < -0.4 is 0 Å². The number of benzene rings is 1. The second-order valence-corrected chi connectivity index (χ2v) is 4.09. The van der Waals surface area contributed by atoms with Crippen LogP contribution in [-0.2, 0) is 9.53 Å². The minimum Gasteiger partial charge on any atom is -0.460 e. The summed E-state index contributed by atoms with van der Waals surface area (Å²) >= 11 is 8.58. The predicted molar refractivity (Wildman–Crippen MR) is 60.1 cm³/mol. The van der Waals surface area contributed by atoms with Gasteiger partial charge >= 0.3 is 5.97 Å². The first-order chi connectivity index (χ1) is 7.47. The quantitative estimate of drug-likeness (QED) is 0.373. The Kier molecular flexibility index (Phi) is 4.44. The smallest absolute Gasteiger partial charge is 0.379 e. The van der Waals surface area contributed by atoms with Gasteiger partial charge in [-0.15, -0.1) is 0 Å². The van der Waals surface area contributed by atoms with Crippen molar-refractivity contribution >= 4 is 39.3 Å². The second-order valence-electron chi connectivity index (χ2n) is 2.80. The molecule has 0 aliphatic carbocycles. The molecule has 0 saturated carbocycles. The van der Waals surface area contributed by atoms with Crippen molar-refractivity contribution in [3.63, 3.8) is 0 Å². The Labute approximate surface area is 105 Å². The molecule has 0 spiro atoms. The van der Waals surface area contributed by atoms with E-state index in [-0.39, 0.29) is 17.2 Å². The van der Waals surface area contributed by atoms with Crippen LogP contribution in [0, 0.1) is 5.82 Å². The van der Waals surface area contributed by atoms with Crippen LogP contribution in [0.2, 0.25) is 5.02 Å². The number of ketones is 1. The summed E-state index contributed by atoms with van der Waals surface area (Å²) in [6.45, 7) is 1.63. The third-order valence-electron chi connectivity index (χ3n) is 1.70. The maximum Gasteiger partial charge on any atom is 0.379 e. The molecular weight excluding hydrogens is 302 g/mol. The van der Waals surface area contributed by atoms with Crippen LogP contribution in [0.25, 0.3) is 0 Å². The molecule has 0 amide bonds. The van der Waals surface area contributed by atoms with E-state index in [9.17, 15) is 14.0 Å². The third kappa shape index (κ3) is 2.80. The zero-order valence-electron chi connectivity index (χ0n) is 8.22. The third-order valence-corrected chi connectivity index (χ3v) is 2.54. The number of hydrogen-bond acceptors (Lipinski definition) is 3. The van der Waals surface area contributed by atoms with E-state index >= 15 is 0 Å². The van der Waals surface area contributed by atoms with Gasteiger partial charge in [0.05, 0.1) is 17.2 Å². The fourth-order valence-corrected chi connectivity index (χ4v) is 1.65. The van der Waals surface area contributed by atoms with Crippen LogP contribution >= 0.6 is 27.5 Å². The fraction of sp³-hybridized carbons (Fsp3) is 0.200. The highest BCUT2D eigenvalue weighted by Gasteiger charge is 2.22. The second kappa shape index (κ2) is 5.41. The van der Waals surface area contributed by atoms with E-state index in [1.165, 1.54) is 6.07 Å². The lowest BCUT2D eigenvalue weighted by atomic mass is 10.1. The Morgan fingerprint density at radius 3 is 2.69 bits per heavy atom. The first kappa shape index (κ1) is 13.1. The minimum absolute atomic E-state index is 0.0681. The van der Waals surface area contributed by atoms with E-state index in [4.69, 9.17) is 11.6 Å². The lowest BCUT2D eigenvalue weighted by Gasteiger charge is -2.04. The molecule has 86 valence electrons. The molecule has 0 aromatic heterocycles. The van der Waals surface area contributed by atoms with Gasteiger partial charge in [0, 0.05) is 4.47 Å². The molecule has 0 heterocycles. The van der Waals surface area contributed by atoms with Crippen molar-refractivity contribution in [3.8, 4) is 0 Å². The standard InChI is InChI=1S/C10H7BrClFO3/c1-2-16-10(15)9(14)6-3-5(11)4-7(13)8(6)12/h3-4H,2H2,1H3. The topological polar surface area (TPSA) is 43.4 Å². The number of carbonyl (C=O) groups is 2. The van der Waals surface area contributed by atoms with Gasteiger partial charge in [0.15, 0.2) is 0 Å². The van der Waals surface area contributed by atoms with Crippen molar-refractivity contribution in [2.45, 2.75) is 6.92 Å². The first-order valence-corrected chi connectivity index (χ1v) is 5.50.